The summed E-state index contributed by atoms with van der Waals surface area (Å²) in [5.41, 5.74) is 2.92. The van der Waals surface area contributed by atoms with E-state index >= 15 is 0 Å². The van der Waals surface area contributed by atoms with Crippen molar-refractivity contribution >= 4 is 17.5 Å². The van der Waals surface area contributed by atoms with Crippen molar-refractivity contribution in [3.63, 3.8) is 0 Å². The number of carbonyl (C=O) groups excluding carboxylic acids is 2. The molecule has 0 spiro atoms. The zero-order valence-electron chi connectivity index (χ0n) is 14.1. The molecule has 1 unspecified atom stereocenters. The Bertz CT molecular complexity index is 548. The Morgan fingerprint density at radius 3 is 2.45 bits per heavy atom. The van der Waals surface area contributed by atoms with Crippen LogP contribution in [0.1, 0.15) is 37.8 Å². The number of piperidine rings is 1. The lowest BCUT2D eigenvalue weighted by Crippen LogP contribution is -2.46. The van der Waals surface area contributed by atoms with Gasteiger partial charge in [0, 0.05) is 20.0 Å². The summed E-state index contributed by atoms with van der Waals surface area (Å²) in [6.45, 7) is 9.40. The largest absolute Gasteiger partial charge is 0.341 e. The molecule has 22 heavy (non-hydrogen) atoms. The molecule has 1 aliphatic heterocycles. The van der Waals surface area contributed by atoms with Gasteiger partial charge in [-0.1, -0.05) is 25.1 Å². The summed E-state index contributed by atoms with van der Waals surface area (Å²) in [6.07, 6.45) is 2.23. The molecule has 1 atom stereocenters. The smallest absolute Gasteiger partial charge is 0.242 e. The Morgan fingerprint density at radius 1 is 1.27 bits per heavy atom. The molecule has 0 bridgehead atoms. The topological polar surface area (TPSA) is 40.6 Å². The molecule has 2 rings (SSSR count). The molecule has 1 aromatic carbocycles. The predicted octanol–water partition coefficient (Wildman–Crippen LogP) is 2.91. The number of aryl methyl sites for hydroxylation is 2. The van der Waals surface area contributed by atoms with Crippen molar-refractivity contribution < 1.29 is 9.59 Å². The van der Waals surface area contributed by atoms with Gasteiger partial charge in [0.05, 0.1) is 5.69 Å². The van der Waals surface area contributed by atoms with Crippen LogP contribution in [0.5, 0.6) is 0 Å². The highest BCUT2D eigenvalue weighted by Crippen LogP contribution is 2.25. The number of hydrogen-bond donors (Lipinski definition) is 0. The minimum absolute atomic E-state index is 0.0457. The zero-order valence-corrected chi connectivity index (χ0v) is 14.1. The van der Waals surface area contributed by atoms with Crippen molar-refractivity contribution in [3.05, 3.63) is 29.3 Å². The molecule has 0 aromatic heterocycles. The molecule has 120 valence electrons. The molecule has 4 nitrogen and oxygen atoms in total. The van der Waals surface area contributed by atoms with Crippen LogP contribution >= 0.6 is 0 Å². The van der Waals surface area contributed by atoms with E-state index in [-0.39, 0.29) is 18.4 Å². The van der Waals surface area contributed by atoms with Crippen molar-refractivity contribution in [2.45, 2.75) is 40.5 Å². The van der Waals surface area contributed by atoms with Gasteiger partial charge in [0.1, 0.15) is 6.54 Å². The second-order valence-corrected chi connectivity index (χ2v) is 6.43. The van der Waals surface area contributed by atoms with Gasteiger partial charge in [-0.15, -0.1) is 0 Å². The summed E-state index contributed by atoms with van der Waals surface area (Å²) in [5, 5.41) is 0. The van der Waals surface area contributed by atoms with E-state index < -0.39 is 0 Å². The summed E-state index contributed by atoms with van der Waals surface area (Å²) in [6, 6.07) is 5.93. The van der Waals surface area contributed by atoms with Crippen LogP contribution in [0.4, 0.5) is 5.69 Å². The molecule has 4 heteroatoms. The fourth-order valence-corrected chi connectivity index (χ4v) is 3.23. The molecular formula is C18H26N2O2. The number of benzene rings is 1. The lowest BCUT2D eigenvalue weighted by molar-refractivity contribution is -0.132. The molecular weight excluding hydrogens is 276 g/mol. The minimum atomic E-state index is -0.0872. The Balaban J connectivity index is 2.19. The third-order valence-corrected chi connectivity index (χ3v) is 4.39. The van der Waals surface area contributed by atoms with Crippen LogP contribution in [0.3, 0.4) is 0 Å². The molecule has 0 aliphatic carbocycles. The lowest BCUT2D eigenvalue weighted by Gasteiger charge is -2.33. The second-order valence-electron chi connectivity index (χ2n) is 6.43. The number of amides is 2. The SMILES string of the molecule is CC(=O)N(CC(=O)N1CCCC(C)C1)c1c(C)cccc1C. The molecule has 0 N–H and O–H groups in total. The van der Waals surface area contributed by atoms with Crippen molar-refractivity contribution in [1.82, 2.24) is 4.90 Å². The number of rotatable bonds is 3. The highest BCUT2D eigenvalue weighted by Gasteiger charge is 2.25. The number of hydrogen-bond acceptors (Lipinski definition) is 2. The molecule has 0 radical (unpaired) electrons. The average molecular weight is 302 g/mol. The average Bonchev–Trinajstić information content (AvgIpc) is 2.45. The Morgan fingerprint density at radius 2 is 1.91 bits per heavy atom. The summed E-state index contributed by atoms with van der Waals surface area (Å²) in [5.74, 6) is 0.504. The van der Waals surface area contributed by atoms with Crippen LogP contribution in [0.25, 0.3) is 0 Å². The highest BCUT2D eigenvalue weighted by molar-refractivity contribution is 5.98. The second kappa shape index (κ2) is 6.95. The van der Waals surface area contributed by atoms with Crippen molar-refractivity contribution in [2.24, 2.45) is 5.92 Å². The van der Waals surface area contributed by atoms with Gasteiger partial charge < -0.3 is 9.80 Å². The van der Waals surface area contributed by atoms with E-state index in [4.69, 9.17) is 0 Å². The normalized spacial score (nSPS) is 18.2. The van der Waals surface area contributed by atoms with E-state index in [1.807, 2.05) is 36.9 Å². The quantitative estimate of drug-likeness (QED) is 0.861. The molecule has 1 saturated heterocycles. The molecule has 0 saturated carbocycles. The number of likely N-dealkylation sites (tertiary alicyclic amines) is 1. The van der Waals surface area contributed by atoms with Crippen LogP contribution in [0, 0.1) is 19.8 Å². The molecule has 2 amide bonds. The van der Waals surface area contributed by atoms with Crippen molar-refractivity contribution in [2.75, 3.05) is 24.5 Å². The molecule has 1 aromatic rings. The van der Waals surface area contributed by atoms with Crippen LogP contribution in [0.15, 0.2) is 18.2 Å². The summed E-state index contributed by atoms with van der Waals surface area (Å²) in [7, 11) is 0. The Hall–Kier alpha value is -1.84. The summed E-state index contributed by atoms with van der Waals surface area (Å²) >= 11 is 0. The van der Waals surface area contributed by atoms with Crippen LogP contribution < -0.4 is 4.90 Å². The third-order valence-electron chi connectivity index (χ3n) is 4.39. The molecule has 1 aliphatic rings. The first-order valence-corrected chi connectivity index (χ1v) is 8.02. The fraction of sp³-hybridized carbons (Fsp3) is 0.556. The monoisotopic (exact) mass is 302 g/mol. The van der Waals surface area contributed by atoms with E-state index in [9.17, 15) is 9.59 Å². The van der Waals surface area contributed by atoms with E-state index in [2.05, 4.69) is 6.92 Å². The maximum atomic E-state index is 12.6. The van der Waals surface area contributed by atoms with Gasteiger partial charge in [-0.25, -0.2) is 0 Å². The standard InChI is InChI=1S/C18H26N2O2/c1-13-7-6-10-19(11-13)17(22)12-20(16(4)21)18-14(2)8-5-9-15(18)3/h5,8-9,13H,6-7,10-12H2,1-4H3. The van der Waals surface area contributed by atoms with Gasteiger partial charge in [-0.05, 0) is 43.7 Å². The van der Waals surface area contributed by atoms with Gasteiger partial charge in [-0.3, -0.25) is 9.59 Å². The first-order valence-electron chi connectivity index (χ1n) is 8.02. The third kappa shape index (κ3) is 3.67. The van der Waals surface area contributed by atoms with Crippen molar-refractivity contribution in [1.29, 1.82) is 0 Å². The maximum Gasteiger partial charge on any atom is 0.242 e. The van der Waals surface area contributed by atoms with E-state index in [0.717, 1.165) is 36.3 Å². The minimum Gasteiger partial charge on any atom is -0.341 e. The van der Waals surface area contributed by atoms with Crippen LogP contribution in [-0.4, -0.2) is 36.3 Å². The van der Waals surface area contributed by atoms with Gasteiger partial charge in [0.15, 0.2) is 0 Å². The predicted molar refractivity (Wildman–Crippen MR) is 88.9 cm³/mol. The summed E-state index contributed by atoms with van der Waals surface area (Å²) < 4.78 is 0. The highest BCUT2D eigenvalue weighted by atomic mass is 16.2. The number of anilines is 1. The van der Waals surface area contributed by atoms with Crippen LogP contribution in [0.2, 0.25) is 0 Å². The van der Waals surface area contributed by atoms with Gasteiger partial charge in [0.2, 0.25) is 11.8 Å². The van der Waals surface area contributed by atoms with Gasteiger partial charge in [-0.2, -0.15) is 0 Å². The first-order chi connectivity index (χ1) is 10.4. The molecule has 1 heterocycles. The number of carbonyl (C=O) groups is 2. The van der Waals surface area contributed by atoms with Crippen molar-refractivity contribution in [3.8, 4) is 0 Å². The lowest BCUT2D eigenvalue weighted by atomic mass is 10.0. The van der Waals surface area contributed by atoms with Gasteiger partial charge in [0.25, 0.3) is 0 Å². The van der Waals surface area contributed by atoms with E-state index in [0.29, 0.717) is 5.92 Å². The number of nitrogens with zero attached hydrogens (tertiary/aromatic N) is 2. The fourth-order valence-electron chi connectivity index (χ4n) is 3.23. The first kappa shape index (κ1) is 16.5. The Kier molecular flexibility index (Phi) is 5.22. The summed E-state index contributed by atoms with van der Waals surface area (Å²) in [4.78, 5) is 28.2. The zero-order chi connectivity index (χ0) is 16.3. The Labute approximate surface area is 133 Å². The van der Waals surface area contributed by atoms with E-state index in [1.165, 1.54) is 13.3 Å². The van der Waals surface area contributed by atoms with Gasteiger partial charge >= 0.3 is 0 Å². The van der Waals surface area contributed by atoms with E-state index in [1.54, 1.807) is 4.90 Å². The number of para-hydroxylation sites is 1. The maximum absolute atomic E-state index is 12.6. The molecule has 1 fully saturated rings. The van der Waals surface area contributed by atoms with Crippen LogP contribution in [-0.2, 0) is 9.59 Å².